The van der Waals surface area contributed by atoms with Gasteiger partial charge in [-0.25, -0.2) is 10.3 Å². The molecule has 0 aromatic heterocycles. The van der Waals surface area contributed by atoms with Crippen LogP contribution in [0.4, 0.5) is 9.59 Å². The average Bonchev–Trinajstić information content (AvgIpc) is 2.51. The number of benzene rings is 1. The molecule has 1 aromatic carbocycles. The van der Waals surface area contributed by atoms with Crippen molar-refractivity contribution in [1.29, 1.82) is 0 Å². The first-order valence-corrected chi connectivity index (χ1v) is 7.34. The van der Waals surface area contributed by atoms with Crippen LogP contribution in [0, 0.1) is 5.41 Å². The second-order valence-electron chi connectivity index (χ2n) is 5.36. The molecular formula is C14H18N2O6S. The number of carbonyl (C=O) groups is 3. The summed E-state index contributed by atoms with van der Waals surface area (Å²) >= 11 is 0.178. The number of hydrogen-bond donors (Lipinski definition) is 2. The van der Waals surface area contributed by atoms with E-state index < -0.39 is 22.7 Å². The Morgan fingerprint density at radius 3 is 2.35 bits per heavy atom. The highest BCUT2D eigenvalue weighted by Gasteiger charge is 2.21. The summed E-state index contributed by atoms with van der Waals surface area (Å²) in [6.45, 7) is 5.05. The number of rotatable bonds is 4. The van der Waals surface area contributed by atoms with E-state index in [-0.39, 0.29) is 18.6 Å². The monoisotopic (exact) mass is 342 g/mol. The SMILES string of the molecule is CC(C)(C)C(=O)NONC(=O)SOC(=O)OCc1ccccc1. The molecule has 0 bridgehead atoms. The minimum absolute atomic E-state index is 0.0278. The Bertz CT molecular complexity index is 544. The highest BCUT2D eigenvalue weighted by Crippen LogP contribution is 2.12. The zero-order chi connectivity index (χ0) is 17.3. The maximum atomic E-state index is 11.4. The van der Waals surface area contributed by atoms with E-state index in [1.54, 1.807) is 45.0 Å². The molecule has 0 fully saturated rings. The van der Waals surface area contributed by atoms with E-state index in [2.05, 4.69) is 9.12 Å². The van der Waals surface area contributed by atoms with Crippen LogP contribution < -0.4 is 11.0 Å². The van der Waals surface area contributed by atoms with Crippen LogP contribution in [0.1, 0.15) is 26.3 Å². The van der Waals surface area contributed by atoms with Crippen LogP contribution >= 0.6 is 12.0 Å². The molecule has 0 heterocycles. The van der Waals surface area contributed by atoms with Gasteiger partial charge in [-0.15, -0.1) is 0 Å². The van der Waals surface area contributed by atoms with E-state index in [0.29, 0.717) is 0 Å². The van der Waals surface area contributed by atoms with Crippen molar-refractivity contribution in [2.75, 3.05) is 0 Å². The lowest BCUT2D eigenvalue weighted by atomic mass is 9.96. The molecule has 1 rings (SSSR count). The number of hydrogen-bond acceptors (Lipinski definition) is 7. The summed E-state index contributed by atoms with van der Waals surface area (Å²) in [5.41, 5.74) is 4.02. The van der Waals surface area contributed by atoms with Crippen molar-refractivity contribution in [2.24, 2.45) is 5.41 Å². The minimum atomic E-state index is -1.02. The predicted octanol–water partition coefficient (Wildman–Crippen LogP) is 2.71. The van der Waals surface area contributed by atoms with E-state index in [4.69, 9.17) is 4.74 Å². The largest absolute Gasteiger partial charge is 0.521 e. The first-order chi connectivity index (χ1) is 10.8. The van der Waals surface area contributed by atoms with Crippen molar-refractivity contribution in [1.82, 2.24) is 11.0 Å². The molecule has 126 valence electrons. The van der Waals surface area contributed by atoms with Gasteiger partial charge >= 0.3 is 11.4 Å². The van der Waals surface area contributed by atoms with Crippen molar-refractivity contribution in [2.45, 2.75) is 27.4 Å². The highest BCUT2D eigenvalue weighted by atomic mass is 32.2. The van der Waals surface area contributed by atoms with Gasteiger partial charge in [0, 0.05) is 5.41 Å². The standard InChI is InChI=1S/C14H18N2O6S/c1-14(2,3)11(17)15-22-16-12(18)23-21-13(19)20-9-10-7-5-4-6-8-10/h4-8H,9H2,1-3H3,(H,15,17)(H,16,18). The fourth-order valence-corrected chi connectivity index (χ4v) is 1.36. The molecule has 0 aliphatic carbocycles. The van der Waals surface area contributed by atoms with Gasteiger partial charge in [-0.3, -0.25) is 9.59 Å². The van der Waals surface area contributed by atoms with Gasteiger partial charge in [0.05, 0.1) is 0 Å². The molecular weight excluding hydrogens is 324 g/mol. The molecule has 0 saturated heterocycles. The zero-order valence-electron chi connectivity index (χ0n) is 13.0. The zero-order valence-corrected chi connectivity index (χ0v) is 13.8. The van der Waals surface area contributed by atoms with Gasteiger partial charge in [0.25, 0.3) is 5.91 Å². The smallest absolute Gasteiger partial charge is 0.429 e. The lowest BCUT2D eigenvalue weighted by Gasteiger charge is -2.16. The van der Waals surface area contributed by atoms with Crippen LogP contribution in [0.3, 0.4) is 0 Å². The summed E-state index contributed by atoms with van der Waals surface area (Å²) in [5, 5.41) is -0.837. The Balaban J connectivity index is 2.15. The highest BCUT2D eigenvalue weighted by molar-refractivity contribution is 8.09. The van der Waals surface area contributed by atoms with Crippen molar-refractivity contribution in [3.63, 3.8) is 0 Å². The molecule has 0 saturated carbocycles. The van der Waals surface area contributed by atoms with Gasteiger partial charge in [0.2, 0.25) is 0 Å². The molecule has 0 aliphatic rings. The maximum absolute atomic E-state index is 11.4. The van der Waals surface area contributed by atoms with Gasteiger partial charge in [-0.2, -0.15) is 10.4 Å². The molecule has 1 aromatic rings. The Kier molecular flexibility index (Phi) is 7.36. The van der Waals surface area contributed by atoms with Crippen LogP contribution in [0.5, 0.6) is 0 Å². The van der Waals surface area contributed by atoms with Gasteiger partial charge in [-0.1, -0.05) is 51.1 Å². The minimum Gasteiger partial charge on any atom is -0.429 e. The van der Waals surface area contributed by atoms with E-state index in [9.17, 15) is 14.4 Å². The van der Waals surface area contributed by atoms with Crippen molar-refractivity contribution >= 4 is 29.3 Å². The summed E-state index contributed by atoms with van der Waals surface area (Å²) in [6, 6.07) is 8.99. The Morgan fingerprint density at radius 1 is 1.09 bits per heavy atom. The van der Waals surface area contributed by atoms with Gasteiger partial charge in [-0.05, 0) is 5.56 Å². The second-order valence-corrected chi connectivity index (χ2v) is 6.07. The van der Waals surface area contributed by atoms with Crippen LogP contribution in [0.15, 0.2) is 30.3 Å². The van der Waals surface area contributed by atoms with Crippen molar-refractivity contribution in [3.8, 4) is 0 Å². The van der Waals surface area contributed by atoms with E-state index in [0.717, 1.165) is 5.56 Å². The third-order valence-electron chi connectivity index (χ3n) is 2.34. The first kappa shape index (κ1) is 18.8. The molecule has 2 N–H and O–H groups in total. The van der Waals surface area contributed by atoms with Gasteiger partial charge < -0.3 is 8.92 Å². The molecule has 8 nitrogen and oxygen atoms in total. The number of nitrogens with one attached hydrogen (secondary N) is 2. The fraction of sp³-hybridized carbons (Fsp3) is 0.357. The van der Waals surface area contributed by atoms with E-state index >= 15 is 0 Å². The molecule has 0 atom stereocenters. The predicted molar refractivity (Wildman–Crippen MR) is 82.5 cm³/mol. The molecule has 0 unspecified atom stereocenters. The van der Waals surface area contributed by atoms with Crippen LogP contribution in [-0.2, 0) is 25.3 Å². The summed E-state index contributed by atoms with van der Waals surface area (Å²) in [7, 11) is 0. The molecule has 0 spiro atoms. The molecule has 9 heteroatoms. The number of ether oxygens (including phenoxy) is 1. The summed E-state index contributed by atoms with van der Waals surface area (Å²) in [4.78, 5) is 38.5. The van der Waals surface area contributed by atoms with E-state index in [1.165, 1.54) is 0 Å². The number of hydroxylamine groups is 2. The number of amides is 2. The summed E-state index contributed by atoms with van der Waals surface area (Å²) < 4.78 is 9.29. The van der Waals surface area contributed by atoms with Gasteiger partial charge in [0.15, 0.2) is 12.0 Å². The molecule has 23 heavy (non-hydrogen) atoms. The van der Waals surface area contributed by atoms with Crippen LogP contribution in [-0.4, -0.2) is 17.3 Å². The third kappa shape index (κ3) is 8.07. The Labute approximate surface area is 138 Å². The molecule has 0 aliphatic heterocycles. The lowest BCUT2D eigenvalue weighted by molar-refractivity contribution is -0.145. The first-order valence-electron chi connectivity index (χ1n) is 6.60. The van der Waals surface area contributed by atoms with Crippen molar-refractivity contribution in [3.05, 3.63) is 35.9 Å². The lowest BCUT2D eigenvalue weighted by Crippen LogP contribution is -2.39. The normalized spacial score (nSPS) is 10.6. The maximum Gasteiger partial charge on any atom is 0.521 e. The Hall–Kier alpha value is -2.26. The second kappa shape index (κ2) is 9.01. The van der Waals surface area contributed by atoms with E-state index in [1.807, 2.05) is 17.0 Å². The number of carbonyl (C=O) groups excluding carboxylic acids is 3. The summed E-state index contributed by atoms with van der Waals surface area (Å²) in [5.74, 6) is -0.425. The summed E-state index contributed by atoms with van der Waals surface area (Å²) in [6.07, 6.45) is -1.02. The topological polar surface area (TPSA) is 103 Å². The average molecular weight is 342 g/mol. The fourth-order valence-electron chi connectivity index (χ4n) is 1.10. The molecule has 2 amide bonds. The van der Waals surface area contributed by atoms with Crippen LogP contribution in [0.2, 0.25) is 0 Å². The van der Waals surface area contributed by atoms with Crippen molar-refractivity contribution < 1.29 is 28.2 Å². The van der Waals surface area contributed by atoms with Gasteiger partial charge in [0.1, 0.15) is 6.61 Å². The quantitative estimate of drug-likeness (QED) is 0.492. The van der Waals surface area contributed by atoms with Crippen LogP contribution in [0.25, 0.3) is 0 Å². The Morgan fingerprint density at radius 2 is 1.74 bits per heavy atom. The molecule has 0 radical (unpaired) electrons. The third-order valence-corrected chi connectivity index (χ3v) is 2.80.